The summed E-state index contributed by atoms with van der Waals surface area (Å²) >= 11 is 0. The minimum Gasteiger partial charge on any atom is -1.00 e. The predicted molar refractivity (Wildman–Crippen MR) is 141 cm³/mol. The summed E-state index contributed by atoms with van der Waals surface area (Å²) in [4.78, 5) is 0. The second kappa shape index (κ2) is 32.4. The molecule has 30 heavy (non-hydrogen) atoms. The van der Waals surface area contributed by atoms with E-state index in [1.54, 1.807) is 0 Å². The molecular formula is C28H60CaO. The number of aliphatic hydroxyl groups excluding tert-OH is 1. The summed E-state index contributed by atoms with van der Waals surface area (Å²) in [5.41, 5.74) is 0. The van der Waals surface area contributed by atoms with E-state index in [0.29, 0.717) is 6.61 Å². The summed E-state index contributed by atoms with van der Waals surface area (Å²) in [6.07, 6.45) is 37.1. The molecule has 0 saturated carbocycles. The summed E-state index contributed by atoms with van der Waals surface area (Å²) in [6.45, 7) is 2.67. The van der Waals surface area contributed by atoms with Crippen molar-refractivity contribution in [3.05, 3.63) is 0 Å². The van der Waals surface area contributed by atoms with Gasteiger partial charge in [0.15, 0.2) is 0 Å². The molecule has 0 aromatic carbocycles. The molecule has 0 aromatic heterocycles. The maximum atomic E-state index is 8.75. The Morgan fingerprint density at radius 2 is 0.500 bits per heavy atom. The van der Waals surface area contributed by atoms with Gasteiger partial charge in [0, 0.05) is 6.61 Å². The maximum absolute atomic E-state index is 8.75. The van der Waals surface area contributed by atoms with Crippen LogP contribution in [0, 0.1) is 0 Å². The Morgan fingerprint density at radius 1 is 0.333 bits per heavy atom. The van der Waals surface area contributed by atoms with Crippen LogP contribution in [0.25, 0.3) is 0 Å². The van der Waals surface area contributed by atoms with E-state index in [1.165, 1.54) is 161 Å². The molecule has 1 N–H and O–H groups in total. The fourth-order valence-corrected chi connectivity index (χ4v) is 4.43. The number of aliphatic hydroxyl groups is 1. The molecule has 0 aliphatic heterocycles. The number of hydrogen-bond donors (Lipinski definition) is 1. The zero-order chi connectivity index (χ0) is 21.1. The molecule has 0 atom stereocenters. The van der Waals surface area contributed by atoms with Crippen LogP contribution in [0.15, 0.2) is 0 Å². The van der Waals surface area contributed by atoms with Gasteiger partial charge < -0.3 is 7.96 Å². The van der Waals surface area contributed by atoms with Crippen molar-refractivity contribution in [1.82, 2.24) is 0 Å². The molecule has 0 unspecified atom stereocenters. The average Bonchev–Trinajstić information content (AvgIpc) is 2.74. The molecule has 0 aliphatic rings. The molecule has 0 bridgehead atoms. The number of hydrogen-bond acceptors (Lipinski definition) is 1. The maximum Gasteiger partial charge on any atom is 2.00 e. The summed E-state index contributed by atoms with van der Waals surface area (Å²) in [6, 6.07) is 0. The van der Waals surface area contributed by atoms with Gasteiger partial charge in [0.05, 0.1) is 0 Å². The van der Waals surface area contributed by atoms with Gasteiger partial charge in [-0.15, -0.1) is 0 Å². The Labute approximate surface area is 224 Å². The Balaban J connectivity index is -0.00000131. The van der Waals surface area contributed by atoms with E-state index in [1.807, 2.05) is 0 Å². The third kappa shape index (κ3) is 31.4. The van der Waals surface area contributed by atoms with Crippen LogP contribution in [-0.4, -0.2) is 49.5 Å². The monoisotopic (exact) mass is 452 g/mol. The summed E-state index contributed by atoms with van der Waals surface area (Å²) in [5.74, 6) is 0. The first kappa shape index (κ1) is 33.4. The van der Waals surface area contributed by atoms with Gasteiger partial charge in [-0.05, 0) is 6.42 Å². The van der Waals surface area contributed by atoms with Gasteiger partial charge in [-0.25, -0.2) is 0 Å². The SMILES string of the molecule is CCCCCCCCCCCCCCCCCCCCCCCCCCCCO.[Ca+2].[H-].[H-]. The van der Waals surface area contributed by atoms with E-state index in [-0.39, 0.29) is 40.6 Å². The molecule has 0 rings (SSSR count). The Kier molecular flexibility index (Phi) is 36.1. The summed E-state index contributed by atoms with van der Waals surface area (Å²) in [5, 5.41) is 8.75. The van der Waals surface area contributed by atoms with Gasteiger partial charge >= 0.3 is 37.7 Å². The van der Waals surface area contributed by atoms with E-state index in [4.69, 9.17) is 5.11 Å². The molecule has 1 nitrogen and oxygen atoms in total. The van der Waals surface area contributed by atoms with Crippen LogP contribution in [-0.2, 0) is 0 Å². The topological polar surface area (TPSA) is 20.2 Å². The Morgan fingerprint density at radius 3 is 0.667 bits per heavy atom. The number of rotatable bonds is 26. The summed E-state index contributed by atoms with van der Waals surface area (Å²) in [7, 11) is 0. The van der Waals surface area contributed by atoms with Gasteiger partial charge in [-0.3, -0.25) is 0 Å². The molecule has 0 radical (unpaired) electrons. The van der Waals surface area contributed by atoms with E-state index < -0.39 is 0 Å². The molecule has 0 fully saturated rings. The fourth-order valence-electron chi connectivity index (χ4n) is 4.43. The minimum absolute atomic E-state index is 0. The zero-order valence-electron chi connectivity index (χ0n) is 23.2. The van der Waals surface area contributed by atoms with E-state index in [0.717, 1.165) is 6.42 Å². The quantitative estimate of drug-likeness (QED) is 0.102. The van der Waals surface area contributed by atoms with Crippen LogP contribution in [0.1, 0.15) is 177 Å². The second-order valence-electron chi connectivity index (χ2n) is 9.56. The molecular weight excluding hydrogens is 392 g/mol. The molecule has 0 heterocycles. The minimum atomic E-state index is 0. The standard InChI is InChI=1S/C28H58O.Ca.2H/c1-2-3-4-5-6-7-8-9-10-11-12-13-14-15-16-17-18-19-20-21-22-23-24-25-26-27-28-29;;;/h29H,2-28H2,1H3;;;/q;+2;2*-1. The van der Waals surface area contributed by atoms with Crippen LogP contribution in [0.2, 0.25) is 0 Å². The fraction of sp³-hybridized carbons (Fsp3) is 1.00. The third-order valence-electron chi connectivity index (χ3n) is 6.51. The Hall–Kier alpha value is 1.22. The van der Waals surface area contributed by atoms with Crippen LogP contribution in [0.3, 0.4) is 0 Å². The molecule has 0 aromatic rings. The van der Waals surface area contributed by atoms with Crippen molar-refractivity contribution in [3.63, 3.8) is 0 Å². The van der Waals surface area contributed by atoms with Crippen LogP contribution in [0.4, 0.5) is 0 Å². The van der Waals surface area contributed by atoms with E-state index in [9.17, 15) is 0 Å². The molecule has 2 heteroatoms. The van der Waals surface area contributed by atoms with Gasteiger partial charge in [0.25, 0.3) is 0 Å². The molecule has 0 amide bonds. The van der Waals surface area contributed by atoms with Crippen molar-refractivity contribution >= 4 is 37.7 Å². The van der Waals surface area contributed by atoms with Crippen LogP contribution < -0.4 is 0 Å². The van der Waals surface area contributed by atoms with Gasteiger partial charge in [-0.2, -0.15) is 0 Å². The normalized spacial score (nSPS) is 11.0. The van der Waals surface area contributed by atoms with Crippen molar-refractivity contribution in [2.24, 2.45) is 0 Å². The van der Waals surface area contributed by atoms with Gasteiger partial charge in [0.2, 0.25) is 0 Å². The zero-order valence-corrected chi connectivity index (χ0v) is 23.5. The average molecular weight is 453 g/mol. The second-order valence-corrected chi connectivity index (χ2v) is 9.56. The Bertz CT molecular complexity index is 254. The first-order valence-corrected chi connectivity index (χ1v) is 14.0. The van der Waals surface area contributed by atoms with Crippen molar-refractivity contribution < 1.29 is 7.96 Å². The van der Waals surface area contributed by atoms with Crippen molar-refractivity contribution in [2.45, 2.75) is 174 Å². The summed E-state index contributed by atoms with van der Waals surface area (Å²) < 4.78 is 0. The van der Waals surface area contributed by atoms with E-state index in [2.05, 4.69) is 6.92 Å². The van der Waals surface area contributed by atoms with Gasteiger partial charge in [0.1, 0.15) is 0 Å². The first-order chi connectivity index (χ1) is 14.4. The third-order valence-corrected chi connectivity index (χ3v) is 6.51. The molecule has 0 saturated heterocycles. The van der Waals surface area contributed by atoms with Crippen molar-refractivity contribution in [1.29, 1.82) is 0 Å². The largest absolute Gasteiger partial charge is 2.00 e. The van der Waals surface area contributed by atoms with Crippen LogP contribution in [0.5, 0.6) is 0 Å². The van der Waals surface area contributed by atoms with Gasteiger partial charge in [-0.1, -0.05) is 167 Å². The van der Waals surface area contributed by atoms with E-state index >= 15 is 0 Å². The molecule has 0 spiro atoms. The number of unbranched alkanes of at least 4 members (excludes halogenated alkanes) is 25. The van der Waals surface area contributed by atoms with Crippen molar-refractivity contribution in [2.75, 3.05) is 6.61 Å². The molecule has 180 valence electrons. The predicted octanol–water partition coefficient (Wildman–Crippen LogP) is 9.99. The van der Waals surface area contributed by atoms with Crippen LogP contribution >= 0.6 is 0 Å². The first-order valence-electron chi connectivity index (χ1n) is 14.0. The van der Waals surface area contributed by atoms with Crippen molar-refractivity contribution in [3.8, 4) is 0 Å². The molecule has 0 aliphatic carbocycles. The smallest absolute Gasteiger partial charge is 1.00 e.